The van der Waals surface area contributed by atoms with Crippen LogP contribution in [-0.4, -0.2) is 10.7 Å². The molecule has 0 radical (unpaired) electrons. The maximum atomic E-state index is 11.9. The first-order valence-corrected chi connectivity index (χ1v) is 7.19. The average Bonchev–Trinajstić information content (AvgIpc) is 2.35. The predicted octanol–water partition coefficient (Wildman–Crippen LogP) is 4.14. The number of nitrogens with one attached hydrogen (secondary N) is 1. The summed E-state index contributed by atoms with van der Waals surface area (Å²) in [5.74, 6) is 0.274. The molecule has 92 valence electrons. The van der Waals surface area contributed by atoms with Gasteiger partial charge >= 0.3 is 0 Å². The molecule has 0 spiro atoms. The van der Waals surface area contributed by atoms with Crippen molar-refractivity contribution in [2.24, 2.45) is 0 Å². The third-order valence-electron chi connectivity index (χ3n) is 3.16. The van der Waals surface area contributed by atoms with Crippen molar-refractivity contribution < 1.29 is 4.79 Å². The van der Waals surface area contributed by atoms with Crippen LogP contribution in [0, 0.1) is 0 Å². The van der Waals surface area contributed by atoms with Crippen LogP contribution in [0.25, 0.3) is 0 Å². The fraction of sp³-hybridized carbons (Fsp3) is 0.500. The Kier molecular flexibility index (Phi) is 4.21. The monoisotopic (exact) mass is 295 g/mol. The van der Waals surface area contributed by atoms with E-state index in [2.05, 4.69) is 34.2 Å². The van der Waals surface area contributed by atoms with Crippen LogP contribution in [0.15, 0.2) is 18.2 Å². The molecule has 2 rings (SSSR count). The van der Waals surface area contributed by atoms with Crippen molar-refractivity contribution in [2.45, 2.75) is 44.0 Å². The van der Waals surface area contributed by atoms with E-state index in [1.165, 1.54) is 5.56 Å². The van der Waals surface area contributed by atoms with Crippen LogP contribution in [0.3, 0.4) is 0 Å². The minimum absolute atomic E-state index is 0.274. The van der Waals surface area contributed by atoms with E-state index in [0.717, 1.165) is 36.9 Å². The summed E-state index contributed by atoms with van der Waals surface area (Å²) in [5, 5.41) is 3.37. The molecule has 0 amide bonds. The molecule has 1 heterocycles. The second-order valence-electron chi connectivity index (χ2n) is 4.55. The zero-order valence-electron chi connectivity index (χ0n) is 10.1. The lowest BCUT2D eigenvalue weighted by atomic mass is 9.97. The molecule has 0 fully saturated rings. The van der Waals surface area contributed by atoms with E-state index in [9.17, 15) is 4.79 Å². The molecule has 1 aromatic rings. The number of aryl methyl sites for hydroxylation is 1. The highest BCUT2D eigenvalue weighted by Gasteiger charge is 2.16. The van der Waals surface area contributed by atoms with Gasteiger partial charge in [-0.05, 0) is 43.0 Å². The van der Waals surface area contributed by atoms with Gasteiger partial charge in [0.25, 0.3) is 0 Å². The Morgan fingerprint density at radius 2 is 2.35 bits per heavy atom. The van der Waals surface area contributed by atoms with Crippen molar-refractivity contribution in [2.75, 3.05) is 5.32 Å². The smallest absolute Gasteiger partial charge is 0.162 e. The molecule has 0 saturated carbocycles. The van der Waals surface area contributed by atoms with E-state index in [1.54, 1.807) is 0 Å². The van der Waals surface area contributed by atoms with Crippen molar-refractivity contribution >= 4 is 27.4 Å². The first-order chi connectivity index (χ1) is 8.20. The number of hydrogen-bond donors (Lipinski definition) is 1. The SMILES string of the molecule is CCCCC(=O)c1ccc2c(c1)CCC(Br)N2. The number of unbranched alkanes of at least 4 members (excludes halogenated alkanes) is 1. The van der Waals surface area contributed by atoms with E-state index in [-0.39, 0.29) is 5.78 Å². The average molecular weight is 296 g/mol. The molecule has 1 aliphatic heterocycles. The molecule has 1 unspecified atom stereocenters. The van der Waals surface area contributed by atoms with Gasteiger partial charge in [-0.25, -0.2) is 0 Å². The Hall–Kier alpha value is -0.830. The number of carbonyl (C=O) groups excluding carboxylic acids is 1. The minimum atomic E-state index is 0.274. The molecule has 1 N–H and O–H groups in total. The first-order valence-electron chi connectivity index (χ1n) is 6.27. The van der Waals surface area contributed by atoms with E-state index in [0.29, 0.717) is 11.4 Å². The van der Waals surface area contributed by atoms with Crippen LogP contribution >= 0.6 is 15.9 Å². The van der Waals surface area contributed by atoms with Crippen molar-refractivity contribution in [3.05, 3.63) is 29.3 Å². The number of halogens is 1. The second kappa shape index (κ2) is 5.67. The van der Waals surface area contributed by atoms with E-state index in [4.69, 9.17) is 0 Å². The van der Waals surface area contributed by atoms with Crippen LogP contribution in [0.1, 0.15) is 48.5 Å². The zero-order valence-corrected chi connectivity index (χ0v) is 11.7. The van der Waals surface area contributed by atoms with Crippen molar-refractivity contribution in [1.82, 2.24) is 0 Å². The Labute approximate surface area is 111 Å². The Morgan fingerprint density at radius 3 is 3.12 bits per heavy atom. The normalized spacial score (nSPS) is 18.4. The van der Waals surface area contributed by atoms with Crippen LogP contribution in [0.5, 0.6) is 0 Å². The zero-order chi connectivity index (χ0) is 12.3. The molecule has 17 heavy (non-hydrogen) atoms. The van der Waals surface area contributed by atoms with Gasteiger partial charge in [-0.15, -0.1) is 0 Å². The lowest BCUT2D eigenvalue weighted by Gasteiger charge is -2.23. The number of benzene rings is 1. The van der Waals surface area contributed by atoms with Gasteiger partial charge in [0.05, 0.1) is 4.95 Å². The lowest BCUT2D eigenvalue weighted by molar-refractivity contribution is 0.0979. The molecular weight excluding hydrogens is 278 g/mol. The van der Waals surface area contributed by atoms with Gasteiger partial charge in [-0.3, -0.25) is 4.79 Å². The van der Waals surface area contributed by atoms with Gasteiger partial charge in [0, 0.05) is 17.7 Å². The third-order valence-corrected chi connectivity index (χ3v) is 3.85. The number of ketones is 1. The Balaban J connectivity index is 2.13. The molecule has 1 aliphatic rings. The number of anilines is 1. The summed E-state index contributed by atoms with van der Waals surface area (Å²) >= 11 is 3.56. The summed E-state index contributed by atoms with van der Waals surface area (Å²) in [6.07, 6.45) is 4.83. The molecular formula is C14H18BrNO. The number of fused-ring (bicyclic) bond motifs is 1. The van der Waals surface area contributed by atoms with Gasteiger partial charge in [-0.2, -0.15) is 0 Å². The number of alkyl halides is 1. The summed E-state index contributed by atoms with van der Waals surface area (Å²) in [5.41, 5.74) is 3.29. The Morgan fingerprint density at radius 1 is 1.53 bits per heavy atom. The molecule has 1 atom stereocenters. The van der Waals surface area contributed by atoms with Gasteiger partial charge < -0.3 is 5.32 Å². The number of rotatable bonds is 4. The summed E-state index contributed by atoms with van der Waals surface area (Å²) in [7, 11) is 0. The lowest BCUT2D eigenvalue weighted by Crippen LogP contribution is -2.19. The fourth-order valence-electron chi connectivity index (χ4n) is 2.12. The van der Waals surface area contributed by atoms with Crippen LogP contribution < -0.4 is 5.32 Å². The maximum absolute atomic E-state index is 11.9. The highest BCUT2D eigenvalue weighted by Crippen LogP contribution is 2.28. The second-order valence-corrected chi connectivity index (χ2v) is 5.65. The minimum Gasteiger partial charge on any atom is -0.372 e. The van der Waals surface area contributed by atoms with Crippen LogP contribution in [0.4, 0.5) is 5.69 Å². The third kappa shape index (κ3) is 3.09. The number of carbonyl (C=O) groups is 1. The topological polar surface area (TPSA) is 29.1 Å². The van der Waals surface area contributed by atoms with E-state index < -0.39 is 0 Å². The highest BCUT2D eigenvalue weighted by molar-refractivity contribution is 9.09. The summed E-state index contributed by atoms with van der Waals surface area (Å²) in [6, 6.07) is 6.02. The van der Waals surface area contributed by atoms with E-state index in [1.807, 2.05) is 12.1 Å². The molecule has 1 aromatic carbocycles. The molecule has 0 aromatic heterocycles. The first kappa shape index (κ1) is 12.6. The molecule has 2 nitrogen and oxygen atoms in total. The number of Topliss-reactive ketones (excluding diaryl/α,β-unsaturated/α-hetero) is 1. The largest absolute Gasteiger partial charge is 0.372 e. The summed E-state index contributed by atoms with van der Waals surface area (Å²) in [6.45, 7) is 2.11. The van der Waals surface area contributed by atoms with Gasteiger partial charge in [0.2, 0.25) is 0 Å². The Bertz CT molecular complexity index is 417. The van der Waals surface area contributed by atoms with Gasteiger partial charge in [-0.1, -0.05) is 29.3 Å². The van der Waals surface area contributed by atoms with Crippen molar-refractivity contribution in [3.63, 3.8) is 0 Å². The molecule has 0 aliphatic carbocycles. The fourth-order valence-corrected chi connectivity index (χ4v) is 2.60. The van der Waals surface area contributed by atoms with E-state index >= 15 is 0 Å². The number of hydrogen-bond acceptors (Lipinski definition) is 2. The van der Waals surface area contributed by atoms with Gasteiger partial charge in [0.1, 0.15) is 0 Å². The van der Waals surface area contributed by atoms with Crippen molar-refractivity contribution in [1.29, 1.82) is 0 Å². The predicted molar refractivity (Wildman–Crippen MR) is 75.0 cm³/mol. The maximum Gasteiger partial charge on any atom is 0.162 e. The van der Waals surface area contributed by atoms with Crippen LogP contribution in [-0.2, 0) is 6.42 Å². The highest BCUT2D eigenvalue weighted by atomic mass is 79.9. The summed E-state index contributed by atoms with van der Waals surface area (Å²) in [4.78, 5) is 12.3. The standard InChI is InChI=1S/C14H18BrNO/c1-2-3-4-13(17)11-5-7-12-10(9-11)6-8-14(15)16-12/h5,7,9,14,16H,2-4,6,8H2,1H3. The van der Waals surface area contributed by atoms with Crippen molar-refractivity contribution in [3.8, 4) is 0 Å². The quantitative estimate of drug-likeness (QED) is 0.514. The molecule has 0 bridgehead atoms. The molecule has 3 heteroatoms. The van der Waals surface area contributed by atoms with Crippen LogP contribution in [0.2, 0.25) is 0 Å². The summed E-state index contributed by atoms with van der Waals surface area (Å²) < 4.78 is 0. The molecule has 0 saturated heterocycles. The van der Waals surface area contributed by atoms with Gasteiger partial charge in [0.15, 0.2) is 5.78 Å².